The number of carbonyl (C=O) groups excluding carboxylic acids is 1. The maximum absolute atomic E-state index is 12.5. The molecule has 2 N–H and O–H groups in total. The Hall–Kier alpha value is -3.19. The van der Waals surface area contributed by atoms with Crippen molar-refractivity contribution in [2.24, 2.45) is 0 Å². The van der Waals surface area contributed by atoms with E-state index in [0.717, 1.165) is 5.56 Å². The summed E-state index contributed by atoms with van der Waals surface area (Å²) < 4.78 is 9.79. The quantitative estimate of drug-likeness (QED) is 0.750. The Labute approximate surface area is 137 Å². The molecule has 0 spiro atoms. The Kier molecular flexibility index (Phi) is 4.53. The molecule has 3 rings (SSSR count). The van der Waals surface area contributed by atoms with Crippen molar-refractivity contribution in [3.05, 3.63) is 70.7 Å². The van der Waals surface area contributed by atoms with Crippen LogP contribution < -0.4 is 11.1 Å². The molecule has 0 fully saturated rings. The second-order valence-corrected chi connectivity index (χ2v) is 5.04. The third-order valence-corrected chi connectivity index (χ3v) is 3.42. The maximum Gasteiger partial charge on any atom is 0.439 e. The predicted octanol–water partition coefficient (Wildman–Crippen LogP) is 2.36. The molecule has 2 aromatic carbocycles. The van der Waals surface area contributed by atoms with Crippen molar-refractivity contribution in [1.82, 2.24) is 10.1 Å². The molecule has 1 aromatic heterocycles. The number of anilines is 1. The summed E-state index contributed by atoms with van der Waals surface area (Å²) in [6.07, 6.45) is -0.721. The lowest BCUT2D eigenvalue weighted by Crippen LogP contribution is -2.22. The van der Waals surface area contributed by atoms with E-state index in [-0.39, 0.29) is 5.91 Å². The van der Waals surface area contributed by atoms with Crippen LogP contribution in [0.2, 0.25) is 0 Å². The molecular weight excluding hydrogens is 310 g/mol. The molecule has 0 saturated heterocycles. The molecule has 7 nitrogen and oxygen atoms in total. The highest BCUT2D eigenvalue weighted by Crippen LogP contribution is 2.22. The van der Waals surface area contributed by atoms with Crippen molar-refractivity contribution in [1.29, 1.82) is 0 Å². The summed E-state index contributed by atoms with van der Waals surface area (Å²) in [7, 11) is 1.48. The molecule has 1 atom stereocenters. The lowest BCUT2D eigenvalue weighted by Gasteiger charge is -2.15. The van der Waals surface area contributed by atoms with Crippen LogP contribution in [0, 0.1) is 0 Å². The number of nitrogens with one attached hydrogen (secondary N) is 2. The first kappa shape index (κ1) is 15.7. The standard InChI is InChI=1S/C17H15N3O4/c1-23-14(11-6-3-2-4-7-11)16(21)18-13-9-5-8-12(10-13)15-19-17(22)24-20-15/h2-10,14H,1H3,(H,18,21)(H,19,20,22)/t14-/m0/s1. The number of hydrogen-bond donors (Lipinski definition) is 2. The molecule has 0 bridgehead atoms. The predicted molar refractivity (Wildman–Crippen MR) is 87.4 cm³/mol. The third-order valence-electron chi connectivity index (χ3n) is 3.42. The lowest BCUT2D eigenvalue weighted by atomic mass is 10.1. The summed E-state index contributed by atoms with van der Waals surface area (Å²) in [4.78, 5) is 26.0. The number of aromatic nitrogens is 2. The van der Waals surface area contributed by atoms with Gasteiger partial charge in [-0.05, 0) is 17.7 Å². The molecule has 122 valence electrons. The zero-order valence-corrected chi connectivity index (χ0v) is 12.9. The second kappa shape index (κ2) is 6.93. The molecule has 0 aliphatic heterocycles. The van der Waals surface area contributed by atoms with Crippen molar-refractivity contribution in [2.45, 2.75) is 6.10 Å². The number of ether oxygens (including phenoxy) is 1. The number of H-pyrrole nitrogens is 1. The van der Waals surface area contributed by atoms with Gasteiger partial charge in [-0.2, -0.15) is 0 Å². The number of aromatic amines is 1. The largest absolute Gasteiger partial charge is 0.439 e. The van der Waals surface area contributed by atoms with E-state index in [1.807, 2.05) is 30.3 Å². The van der Waals surface area contributed by atoms with Crippen molar-refractivity contribution in [2.75, 3.05) is 12.4 Å². The van der Waals surface area contributed by atoms with Gasteiger partial charge in [-0.15, -0.1) is 0 Å². The van der Waals surface area contributed by atoms with E-state index in [1.54, 1.807) is 24.3 Å². The van der Waals surface area contributed by atoms with Gasteiger partial charge in [0.25, 0.3) is 5.91 Å². The van der Waals surface area contributed by atoms with Crippen LogP contribution in [0.4, 0.5) is 5.69 Å². The SMILES string of the molecule is CO[C@H](C(=O)Nc1cccc(-c2noc(=O)[nH]2)c1)c1ccccc1. The molecule has 0 unspecified atom stereocenters. The van der Waals surface area contributed by atoms with Gasteiger partial charge in [0, 0.05) is 18.4 Å². The van der Waals surface area contributed by atoms with E-state index >= 15 is 0 Å². The van der Waals surface area contributed by atoms with Gasteiger partial charge in [-0.3, -0.25) is 14.3 Å². The molecule has 1 heterocycles. The van der Waals surface area contributed by atoms with Crippen LogP contribution >= 0.6 is 0 Å². The van der Waals surface area contributed by atoms with Gasteiger partial charge in [-0.25, -0.2) is 4.79 Å². The minimum absolute atomic E-state index is 0.294. The molecule has 0 aliphatic carbocycles. The Balaban J connectivity index is 1.80. The van der Waals surface area contributed by atoms with Crippen LogP contribution in [0.1, 0.15) is 11.7 Å². The lowest BCUT2D eigenvalue weighted by molar-refractivity contribution is -0.126. The van der Waals surface area contributed by atoms with Crippen LogP contribution in [-0.2, 0) is 9.53 Å². The third kappa shape index (κ3) is 3.41. The summed E-state index contributed by atoms with van der Waals surface area (Å²) >= 11 is 0. The number of rotatable bonds is 5. The highest BCUT2D eigenvalue weighted by Gasteiger charge is 2.20. The average Bonchev–Trinajstić information content (AvgIpc) is 3.03. The molecular formula is C17H15N3O4. The fourth-order valence-electron chi connectivity index (χ4n) is 2.33. The number of benzene rings is 2. The molecule has 0 aliphatic rings. The van der Waals surface area contributed by atoms with Gasteiger partial charge in [0.15, 0.2) is 11.9 Å². The van der Waals surface area contributed by atoms with Gasteiger partial charge in [-0.1, -0.05) is 47.6 Å². The van der Waals surface area contributed by atoms with Crippen LogP contribution in [0.25, 0.3) is 11.4 Å². The topological polar surface area (TPSA) is 97.2 Å². The molecule has 24 heavy (non-hydrogen) atoms. The van der Waals surface area contributed by atoms with E-state index in [9.17, 15) is 9.59 Å². The van der Waals surface area contributed by atoms with Gasteiger partial charge in [0.2, 0.25) is 0 Å². The smallest absolute Gasteiger partial charge is 0.367 e. The zero-order valence-electron chi connectivity index (χ0n) is 12.9. The Morgan fingerprint density at radius 2 is 2.00 bits per heavy atom. The van der Waals surface area contributed by atoms with E-state index in [4.69, 9.17) is 4.74 Å². The summed E-state index contributed by atoms with van der Waals surface area (Å²) in [5.41, 5.74) is 1.93. The van der Waals surface area contributed by atoms with E-state index in [0.29, 0.717) is 17.1 Å². The van der Waals surface area contributed by atoms with Crippen LogP contribution in [0.3, 0.4) is 0 Å². The summed E-state index contributed by atoms with van der Waals surface area (Å²) in [6.45, 7) is 0. The van der Waals surface area contributed by atoms with Gasteiger partial charge >= 0.3 is 5.76 Å². The fourth-order valence-corrected chi connectivity index (χ4v) is 2.33. The number of carbonyl (C=O) groups is 1. The molecule has 1 amide bonds. The minimum Gasteiger partial charge on any atom is -0.367 e. The minimum atomic E-state index is -0.721. The van der Waals surface area contributed by atoms with Crippen molar-refractivity contribution in [3.63, 3.8) is 0 Å². The van der Waals surface area contributed by atoms with Gasteiger partial charge in [0.05, 0.1) is 0 Å². The Morgan fingerprint density at radius 3 is 2.67 bits per heavy atom. The Bertz CT molecular complexity index is 886. The van der Waals surface area contributed by atoms with E-state index in [1.165, 1.54) is 7.11 Å². The molecule has 7 heteroatoms. The number of nitrogens with zero attached hydrogens (tertiary/aromatic N) is 1. The first-order chi connectivity index (χ1) is 11.7. The van der Waals surface area contributed by atoms with Crippen molar-refractivity contribution < 1.29 is 14.1 Å². The van der Waals surface area contributed by atoms with E-state index < -0.39 is 11.9 Å². The average molecular weight is 325 g/mol. The van der Waals surface area contributed by atoms with Crippen LogP contribution in [-0.4, -0.2) is 23.2 Å². The van der Waals surface area contributed by atoms with Crippen molar-refractivity contribution in [3.8, 4) is 11.4 Å². The molecule has 0 radical (unpaired) electrons. The zero-order chi connectivity index (χ0) is 16.9. The highest BCUT2D eigenvalue weighted by atomic mass is 16.5. The molecule has 0 saturated carbocycles. The number of amides is 1. The van der Waals surface area contributed by atoms with Crippen LogP contribution in [0.15, 0.2) is 63.9 Å². The number of hydrogen-bond acceptors (Lipinski definition) is 5. The van der Waals surface area contributed by atoms with E-state index in [2.05, 4.69) is 20.0 Å². The van der Waals surface area contributed by atoms with Crippen LogP contribution in [0.5, 0.6) is 0 Å². The summed E-state index contributed by atoms with van der Waals surface area (Å²) in [5.74, 6) is -0.639. The number of methoxy groups -OCH3 is 1. The first-order valence-corrected chi connectivity index (χ1v) is 7.22. The molecule has 3 aromatic rings. The fraction of sp³-hybridized carbons (Fsp3) is 0.118. The summed E-state index contributed by atoms with van der Waals surface area (Å²) in [5, 5.41) is 6.42. The maximum atomic E-state index is 12.5. The van der Waals surface area contributed by atoms with Gasteiger partial charge in [0.1, 0.15) is 0 Å². The normalized spacial score (nSPS) is 11.9. The Morgan fingerprint density at radius 1 is 1.21 bits per heavy atom. The van der Waals surface area contributed by atoms with Crippen molar-refractivity contribution >= 4 is 11.6 Å². The highest BCUT2D eigenvalue weighted by molar-refractivity contribution is 5.95. The second-order valence-electron chi connectivity index (χ2n) is 5.04. The van der Waals surface area contributed by atoms with Gasteiger partial charge < -0.3 is 10.1 Å². The summed E-state index contributed by atoms with van der Waals surface area (Å²) in [6, 6.07) is 16.1. The first-order valence-electron chi connectivity index (χ1n) is 7.22. The monoisotopic (exact) mass is 325 g/mol.